The van der Waals surface area contributed by atoms with Gasteiger partial charge in [-0.05, 0) is 34.2 Å². The number of azide groups is 1. The molecule has 0 heterocycles. The van der Waals surface area contributed by atoms with Crippen LogP contribution in [0.15, 0.2) is 23.3 Å². The van der Waals surface area contributed by atoms with Crippen LogP contribution in [0.3, 0.4) is 0 Å². The second kappa shape index (κ2) is 3.45. The van der Waals surface area contributed by atoms with Crippen molar-refractivity contribution < 1.29 is 5.11 Å². The molecule has 11 heavy (non-hydrogen) atoms. The van der Waals surface area contributed by atoms with Gasteiger partial charge in [0.25, 0.3) is 0 Å². The maximum atomic E-state index is 9.14. The zero-order valence-corrected chi connectivity index (χ0v) is 7.56. The lowest BCUT2D eigenvalue weighted by Gasteiger charge is -1.97. The van der Waals surface area contributed by atoms with E-state index in [-0.39, 0.29) is 5.75 Å². The van der Waals surface area contributed by atoms with Gasteiger partial charge in [-0.3, -0.25) is 0 Å². The molecule has 0 fully saturated rings. The first-order valence-corrected chi connectivity index (χ1v) is 3.86. The van der Waals surface area contributed by atoms with Crippen molar-refractivity contribution >= 4 is 28.3 Å². The summed E-state index contributed by atoms with van der Waals surface area (Å²) >= 11 is 1.91. The molecular weight excluding hydrogens is 257 g/mol. The van der Waals surface area contributed by atoms with Crippen molar-refractivity contribution in [2.75, 3.05) is 0 Å². The van der Waals surface area contributed by atoms with Gasteiger partial charge in [0.2, 0.25) is 0 Å². The highest BCUT2D eigenvalue weighted by atomic mass is 127. The molecule has 0 amide bonds. The molecule has 1 N–H and O–H groups in total. The van der Waals surface area contributed by atoms with Gasteiger partial charge < -0.3 is 5.11 Å². The monoisotopic (exact) mass is 261 g/mol. The molecular formula is C6H4IN3O. The summed E-state index contributed by atoms with van der Waals surface area (Å²) in [5, 5.41) is 12.5. The van der Waals surface area contributed by atoms with Gasteiger partial charge in [-0.2, -0.15) is 0 Å². The number of nitrogens with zero attached hydrogens (tertiary/aromatic N) is 3. The van der Waals surface area contributed by atoms with Crippen LogP contribution in [0.4, 0.5) is 5.69 Å². The summed E-state index contributed by atoms with van der Waals surface area (Å²) in [4.78, 5) is 2.62. The van der Waals surface area contributed by atoms with E-state index in [2.05, 4.69) is 10.0 Å². The van der Waals surface area contributed by atoms with E-state index in [4.69, 9.17) is 10.6 Å². The molecule has 56 valence electrons. The summed E-state index contributed by atoms with van der Waals surface area (Å²) in [6.45, 7) is 0. The Balaban J connectivity index is 3.26. The second-order valence-corrected chi connectivity index (χ2v) is 2.88. The first-order valence-electron chi connectivity index (χ1n) is 2.78. The zero-order chi connectivity index (χ0) is 8.27. The molecule has 0 spiro atoms. The van der Waals surface area contributed by atoms with E-state index in [0.717, 1.165) is 0 Å². The van der Waals surface area contributed by atoms with Gasteiger partial charge >= 0.3 is 0 Å². The van der Waals surface area contributed by atoms with Crippen molar-refractivity contribution in [2.45, 2.75) is 0 Å². The number of hydrogen-bond donors (Lipinski definition) is 1. The highest BCUT2D eigenvalue weighted by Crippen LogP contribution is 2.28. The van der Waals surface area contributed by atoms with Gasteiger partial charge in [-0.1, -0.05) is 17.2 Å². The summed E-state index contributed by atoms with van der Waals surface area (Å²) in [6, 6.07) is 4.81. The SMILES string of the molecule is [N-]=[N+]=Nc1cccc(O)c1I. The average molecular weight is 261 g/mol. The number of rotatable bonds is 1. The van der Waals surface area contributed by atoms with Crippen LogP contribution in [0.2, 0.25) is 0 Å². The molecule has 5 heteroatoms. The molecule has 1 rings (SSSR count). The number of phenols is 1. The van der Waals surface area contributed by atoms with Crippen LogP contribution in [-0.4, -0.2) is 5.11 Å². The fraction of sp³-hybridized carbons (Fsp3) is 0. The minimum Gasteiger partial charge on any atom is -0.507 e. The van der Waals surface area contributed by atoms with Gasteiger partial charge in [0.05, 0.1) is 9.26 Å². The predicted molar refractivity (Wildman–Crippen MR) is 49.6 cm³/mol. The fourth-order valence-electron chi connectivity index (χ4n) is 0.633. The van der Waals surface area contributed by atoms with Gasteiger partial charge in [0, 0.05) is 4.91 Å². The molecule has 1 aromatic rings. The fourth-order valence-corrected chi connectivity index (χ4v) is 1.10. The molecule has 0 aliphatic carbocycles. The summed E-state index contributed by atoms with van der Waals surface area (Å²) < 4.78 is 0.572. The molecule has 4 nitrogen and oxygen atoms in total. The standard InChI is InChI=1S/C6H4IN3O/c7-6-4(9-10-8)2-1-3-5(6)11/h1-3,11H. The van der Waals surface area contributed by atoms with Gasteiger partial charge in [0.15, 0.2) is 0 Å². The maximum Gasteiger partial charge on any atom is 0.129 e. The Morgan fingerprint density at radius 1 is 1.55 bits per heavy atom. The summed E-state index contributed by atoms with van der Waals surface area (Å²) in [5.74, 6) is 0.135. The number of halogens is 1. The zero-order valence-electron chi connectivity index (χ0n) is 5.40. The summed E-state index contributed by atoms with van der Waals surface area (Å²) in [5.41, 5.74) is 8.56. The minimum atomic E-state index is 0.135. The van der Waals surface area contributed by atoms with E-state index in [1.54, 1.807) is 12.1 Å². The maximum absolute atomic E-state index is 9.14. The van der Waals surface area contributed by atoms with Crippen molar-refractivity contribution in [1.29, 1.82) is 0 Å². The van der Waals surface area contributed by atoms with Crippen LogP contribution >= 0.6 is 22.6 Å². The quantitative estimate of drug-likeness (QED) is 0.359. The molecule has 0 aliphatic heterocycles. The second-order valence-electron chi connectivity index (χ2n) is 1.80. The average Bonchev–Trinajstić information content (AvgIpc) is 1.99. The number of benzene rings is 1. The lowest BCUT2D eigenvalue weighted by atomic mass is 10.3. The van der Waals surface area contributed by atoms with Crippen LogP contribution < -0.4 is 0 Å². The normalized spacial score (nSPS) is 8.82. The van der Waals surface area contributed by atoms with E-state index < -0.39 is 0 Å². The van der Waals surface area contributed by atoms with Crippen molar-refractivity contribution in [3.8, 4) is 5.75 Å². The summed E-state index contributed by atoms with van der Waals surface area (Å²) in [7, 11) is 0. The van der Waals surface area contributed by atoms with E-state index in [1.807, 2.05) is 22.6 Å². The number of phenolic OH excluding ortho intramolecular Hbond substituents is 1. The molecule has 1 aromatic carbocycles. The van der Waals surface area contributed by atoms with Crippen LogP contribution in [0, 0.1) is 3.57 Å². The molecule has 0 atom stereocenters. The highest BCUT2D eigenvalue weighted by Gasteiger charge is 2.00. The summed E-state index contributed by atoms with van der Waals surface area (Å²) in [6.07, 6.45) is 0. The number of aromatic hydroxyl groups is 1. The van der Waals surface area contributed by atoms with Crippen molar-refractivity contribution in [3.05, 3.63) is 32.2 Å². The molecule has 0 saturated heterocycles. The van der Waals surface area contributed by atoms with Crippen molar-refractivity contribution in [1.82, 2.24) is 0 Å². The van der Waals surface area contributed by atoms with E-state index in [9.17, 15) is 0 Å². The third-order valence-electron chi connectivity index (χ3n) is 1.11. The number of hydrogen-bond acceptors (Lipinski definition) is 2. The molecule has 0 aliphatic rings. The van der Waals surface area contributed by atoms with Gasteiger partial charge in [-0.25, -0.2) is 0 Å². The molecule has 0 bridgehead atoms. The topological polar surface area (TPSA) is 69.0 Å². The van der Waals surface area contributed by atoms with Crippen LogP contribution in [-0.2, 0) is 0 Å². The van der Waals surface area contributed by atoms with E-state index >= 15 is 0 Å². The first kappa shape index (κ1) is 8.16. The third kappa shape index (κ3) is 1.75. The lowest BCUT2D eigenvalue weighted by Crippen LogP contribution is -1.72. The molecule has 0 unspecified atom stereocenters. The Bertz CT molecular complexity index is 320. The van der Waals surface area contributed by atoms with E-state index in [1.165, 1.54) is 6.07 Å². The van der Waals surface area contributed by atoms with Crippen molar-refractivity contribution in [3.63, 3.8) is 0 Å². The van der Waals surface area contributed by atoms with Crippen molar-refractivity contribution in [2.24, 2.45) is 5.11 Å². The van der Waals surface area contributed by atoms with Crippen LogP contribution in [0.1, 0.15) is 0 Å². The molecule has 0 saturated carbocycles. The van der Waals surface area contributed by atoms with E-state index in [0.29, 0.717) is 9.26 Å². The minimum absolute atomic E-state index is 0.135. The van der Waals surface area contributed by atoms with Crippen LogP contribution in [0.25, 0.3) is 10.4 Å². The molecule has 0 radical (unpaired) electrons. The predicted octanol–water partition coefficient (Wildman–Crippen LogP) is 2.94. The Labute approximate surface area is 76.6 Å². The highest BCUT2D eigenvalue weighted by molar-refractivity contribution is 14.1. The molecule has 0 aromatic heterocycles. The smallest absolute Gasteiger partial charge is 0.129 e. The van der Waals surface area contributed by atoms with Gasteiger partial charge in [-0.15, -0.1) is 0 Å². The first-order chi connectivity index (χ1) is 5.25. The Kier molecular flexibility index (Phi) is 2.56. The Morgan fingerprint density at radius 2 is 2.27 bits per heavy atom. The van der Waals surface area contributed by atoms with Crippen LogP contribution in [0.5, 0.6) is 5.75 Å². The Hall–Kier alpha value is -0.940. The largest absolute Gasteiger partial charge is 0.507 e. The Morgan fingerprint density at radius 3 is 2.91 bits per heavy atom. The third-order valence-corrected chi connectivity index (χ3v) is 2.22. The lowest BCUT2D eigenvalue weighted by molar-refractivity contribution is 0.472. The van der Waals surface area contributed by atoms with Gasteiger partial charge in [0.1, 0.15) is 5.75 Å².